The number of hydrogen-bond acceptors (Lipinski definition) is 3. The van der Waals surface area contributed by atoms with Gasteiger partial charge in [-0.2, -0.15) is 0 Å². The van der Waals surface area contributed by atoms with Gasteiger partial charge in [0, 0.05) is 31.8 Å². The molecule has 0 saturated carbocycles. The van der Waals surface area contributed by atoms with Crippen LogP contribution in [0.25, 0.3) is 0 Å². The average molecular weight is 210 g/mol. The minimum atomic E-state index is 0.290. The summed E-state index contributed by atoms with van der Waals surface area (Å²) in [5, 5.41) is 0. The van der Waals surface area contributed by atoms with Crippen LogP contribution in [0.1, 0.15) is 19.3 Å². The van der Waals surface area contributed by atoms with Crippen molar-refractivity contribution in [3.63, 3.8) is 0 Å². The molecule has 1 saturated heterocycles. The first-order valence-electron chi connectivity index (χ1n) is 5.97. The average Bonchev–Trinajstić information content (AvgIpc) is 2.65. The highest BCUT2D eigenvalue weighted by atomic mass is 16.5. The van der Waals surface area contributed by atoms with Crippen molar-refractivity contribution >= 4 is 0 Å². The molecule has 1 aliphatic heterocycles. The molecular weight excluding hydrogens is 188 g/mol. The van der Waals surface area contributed by atoms with E-state index in [0.717, 1.165) is 26.2 Å². The lowest BCUT2D eigenvalue weighted by Crippen LogP contribution is -2.39. The summed E-state index contributed by atoms with van der Waals surface area (Å²) in [5.41, 5.74) is 5.85. The van der Waals surface area contributed by atoms with E-state index in [9.17, 15) is 0 Å². The molecule has 0 bridgehead atoms. The smallest absolute Gasteiger partial charge is 0.0480 e. The summed E-state index contributed by atoms with van der Waals surface area (Å²) in [6.45, 7) is 3.00. The topological polar surface area (TPSA) is 38.5 Å². The Bertz CT molecular complexity index is 224. The highest BCUT2D eigenvalue weighted by Crippen LogP contribution is 2.20. The van der Waals surface area contributed by atoms with Crippen LogP contribution in [0.5, 0.6) is 0 Å². The second kappa shape index (κ2) is 5.10. The van der Waals surface area contributed by atoms with Gasteiger partial charge in [-0.25, -0.2) is 0 Å². The lowest BCUT2D eigenvalue weighted by atomic mass is 10.0. The first-order valence-corrected chi connectivity index (χ1v) is 5.97. The third kappa shape index (κ3) is 3.03. The molecule has 2 rings (SSSR count). The lowest BCUT2D eigenvalue weighted by molar-refractivity contribution is 0.0400. The van der Waals surface area contributed by atoms with Gasteiger partial charge in [0.15, 0.2) is 0 Å². The van der Waals surface area contributed by atoms with E-state index in [2.05, 4.69) is 24.1 Å². The van der Waals surface area contributed by atoms with E-state index in [1.807, 2.05) is 0 Å². The molecule has 3 heteroatoms. The monoisotopic (exact) mass is 210 g/mol. The fourth-order valence-corrected chi connectivity index (χ4v) is 2.59. The van der Waals surface area contributed by atoms with Crippen molar-refractivity contribution in [3.05, 3.63) is 12.2 Å². The summed E-state index contributed by atoms with van der Waals surface area (Å²) < 4.78 is 5.38. The number of ether oxygens (including phenoxy) is 1. The first-order chi connectivity index (χ1) is 7.25. The van der Waals surface area contributed by atoms with Crippen molar-refractivity contribution < 1.29 is 4.74 Å². The molecule has 1 fully saturated rings. The van der Waals surface area contributed by atoms with Crippen molar-refractivity contribution in [1.29, 1.82) is 0 Å². The maximum Gasteiger partial charge on any atom is 0.0480 e. The minimum Gasteiger partial charge on any atom is -0.381 e. The first kappa shape index (κ1) is 11.1. The van der Waals surface area contributed by atoms with Crippen molar-refractivity contribution in [1.82, 2.24) is 4.90 Å². The molecule has 3 nitrogen and oxygen atoms in total. The Kier molecular flexibility index (Phi) is 3.78. The molecule has 2 unspecified atom stereocenters. The fraction of sp³-hybridized carbons (Fsp3) is 0.833. The number of rotatable bonds is 3. The summed E-state index contributed by atoms with van der Waals surface area (Å²) in [4.78, 5) is 2.48. The van der Waals surface area contributed by atoms with E-state index in [1.54, 1.807) is 0 Å². The maximum absolute atomic E-state index is 5.85. The molecule has 1 aliphatic carbocycles. The van der Waals surface area contributed by atoms with Crippen LogP contribution in [0.4, 0.5) is 0 Å². The van der Waals surface area contributed by atoms with Crippen molar-refractivity contribution in [3.8, 4) is 0 Å². The Morgan fingerprint density at radius 2 is 2.07 bits per heavy atom. The zero-order valence-corrected chi connectivity index (χ0v) is 9.56. The van der Waals surface area contributed by atoms with Gasteiger partial charge in [0.05, 0.1) is 0 Å². The Balaban J connectivity index is 1.76. The van der Waals surface area contributed by atoms with Gasteiger partial charge in [-0.15, -0.1) is 0 Å². The van der Waals surface area contributed by atoms with Gasteiger partial charge in [-0.05, 0) is 32.2 Å². The van der Waals surface area contributed by atoms with Crippen LogP contribution in [-0.2, 0) is 4.74 Å². The van der Waals surface area contributed by atoms with Crippen LogP contribution in [0.15, 0.2) is 12.2 Å². The molecule has 1 heterocycles. The van der Waals surface area contributed by atoms with Gasteiger partial charge >= 0.3 is 0 Å². The number of nitrogens with two attached hydrogens (primary N) is 1. The summed E-state index contributed by atoms with van der Waals surface area (Å²) in [6, 6.07) is 1.00. The fourth-order valence-electron chi connectivity index (χ4n) is 2.59. The predicted molar refractivity (Wildman–Crippen MR) is 61.7 cm³/mol. The molecule has 0 spiro atoms. The molecule has 0 aromatic rings. The lowest BCUT2D eigenvalue weighted by Gasteiger charge is -2.32. The molecule has 2 atom stereocenters. The summed E-state index contributed by atoms with van der Waals surface area (Å²) in [5.74, 6) is 0.660. The summed E-state index contributed by atoms with van der Waals surface area (Å²) in [6.07, 6.45) is 7.90. The van der Waals surface area contributed by atoms with E-state index in [0.29, 0.717) is 12.0 Å². The number of nitrogens with zero attached hydrogens (tertiary/aromatic N) is 1. The number of hydrogen-bond donors (Lipinski definition) is 1. The standard InChI is InChI=1S/C12H22N2O/c1-14(12-4-6-15-7-5-12)9-10-2-3-11(13)8-10/h2-3,10-12H,4-9,13H2,1H3. The van der Waals surface area contributed by atoms with Gasteiger partial charge in [0.25, 0.3) is 0 Å². The van der Waals surface area contributed by atoms with E-state index < -0.39 is 0 Å². The normalized spacial score (nSPS) is 32.7. The summed E-state index contributed by atoms with van der Waals surface area (Å²) >= 11 is 0. The van der Waals surface area contributed by atoms with Gasteiger partial charge in [-0.3, -0.25) is 0 Å². The van der Waals surface area contributed by atoms with Gasteiger partial charge in [0.2, 0.25) is 0 Å². The Labute approximate surface area is 92.3 Å². The summed E-state index contributed by atoms with van der Waals surface area (Å²) in [7, 11) is 2.23. The largest absolute Gasteiger partial charge is 0.381 e. The van der Waals surface area contributed by atoms with Crippen LogP contribution in [-0.4, -0.2) is 43.8 Å². The zero-order chi connectivity index (χ0) is 10.7. The predicted octanol–water partition coefficient (Wildman–Crippen LogP) is 1.00. The Hall–Kier alpha value is -0.380. The molecule has 0 aromatic carbocycles. The Morgan fingerprint density at radius 3 is 2.67 bits per heavy atom. The van der Waals surface area contributed by atoms with Crippen LogP contribution < -0.4 is 5.73 Å². The van der Waals surface area contributed by atoms with E-state index in [1.165, 1.54) is 12.8 Å². The van der Waals surface area contributed by atoms with Gasteiger partial charge < -0.3 is 15.4 Å². The highest BCUT2D eigenvalue weighted by molar-refractivity contribution is 5.05. The van der Waals surface area contributed by atoms with Gasteiger partial charge in [0.1, 0.15) is 0 Å². The third-order valence-electron chi connectivity index (χ3n) is 3.54. The van der Waals surface area contributed by atoms with Crippen molar-refractivity contribution in [2.24, 2.45) is 11.7 Å². The molecular formula is C12H22N2O. The van der Waals surface area contributed by atoms with E-state index in [4.69, 9.17) is 10.5 Å². The third-order valence-corrected chi connectivity index (χ3v) is 3.54. The van der Waals surface area contributed by atoms with E-state index >= 15 is 0 Å². The van der Waals surface area contributed by atoms with Crippen LogP contribution in [0, 0.1) is 5.92 Å². The molecule has 0 aromatic heterocycles. The van der Waals surface area contributed by atoms with Crippen LogP contribution in [0.2, 0.25) is 0 Å². The van der Waals surface area contributed by atoms with Crippen LogP contribution >= 0.6 is 0 Å². The maximum atomic E-state index is 5.85. The molecule has 2 N–H and O–H groups in total. The molecule has 2 aliphatic rings. The zero-order valence-electron chi connectivity index (χ0n) is 9.56. The van der Waals surface area contributed by atoms with Crippen molar-refractivity contribution in [2.45, 2.75) is 31.3 Å². The second-order valence-corrected chi connectivity index (χ2v) is 4.83. The quantitative estimate of drug-likeness (QED) is 0.706. The van der Waals surface area contributed by atoms with E-state index in [-0.39, 0.29) is 6.04 Å². The molecule has 86 valence electrons. The van der Waals surface area contributed by atoms with Crippen LogP contribution in [0.3, 0.4) is 0 Å². The molecule has 15 heavy (non-hydrogen) atoms. The molecule has 0 amide bonds. The highest BCUT2D eigenvalue weighted by Gasteiger charge is 2.22. The SMILES string of the molecule is CN(CC1C=CC(N)C1)C1CCOCC1. The second-order valence-electron chi connectivity index (χ2n) is 4.83. The molecule has 0 radical (unpaired) electrons. The Morgan fingerprint density at radius 1 is 1.33 bits per heavy atom. The van der Waals surface area contributed by atoms with Gasteiger partial charge in [-0.1, -0.05) is 12.2 Å². The minimum absolute atomic E-state index is 0.290. The van der Waals surface area contributed by atoms with Crippen molar-refractivity contribution in [2.75, 3.05) is 26.8 Å².